The van der Waals surface area contributed by atoms with Crippen molar-refractivity contribution in [3.63, 3.8) is 0 Å². The number of imide groups is 1. The van der Waals surface area contributed by atoms with Crippen molar-refractivity contribution < 1.29 is 14.4 Å². The van der Waals surface area contributed by atoms with Gasteiger partial charge in [-0.2, -0.15) is 0 Å². The van der Waals surface area contributed by atoms with E-state index in [-0.39, 0.29) is 17.8 Å². The van der Waals surface area contributed by atoms with Crippen molar-refractivity contribution in [1.82, 2.24) is 20.0 Å². The lowest BCUT2D eigenvalue weighted by molar-refractivity contribution is -0.129. The molecule has 4 amide bonds. The lowest BCUT2D eigenvalue weighted by Crippen LogP contribution is -2.51. The fraction of sp³-hybridized carbons (Fsp3) is 0.640. The molecule has 0 spiro atoms. The summed E-state index contributed by atoms with van der Waals surface area (Å²) >= 11 is 0. The lowest BCUT2D eigenvalue weighted by atomic mass is 9.83. The van der Waals surface area contributed by atoms with Gasteiger partial charge in [-0.3, -0.25) is 14.5 Å². The van der Waals surface area contributed by atoms with E-state index in [1.54, 1.807) is 4.90 Å². The minimum absolute atomic E-state index is 0.0298. The molecule has 1 N–H and O–H groups in total. The van der Waals surface area contributed by atoms with Crippen molar-refractivity contribution in [2.75, 3.05) is 26.2 Å². The first-order valence-electron chi connectivity index (χ1n) is 12.3. The molecule has 7 heteroatoms. The van der Waals surface area contributed by atoms with Gasteiger partial charge < -0.3 is 15.1 Å². The molecule has 1 aromatic rings. The van der Waals surface area contributed by atoms with Gasteiger partial charge in [0.15, 0.2) is 0 Å². The molecule has 3 fully saturated rings. The number of benzene rings is 1. The van der Waals surface area contributed by atoms with Crippen LogP contribution in [-0.2, 0) is 22.6 Å². The molecule has 0 aromatic heterocycles. The number of fused-ring (bicyclic) bond motifs is 3. The van der Waals surface area contributed by atoms with Crippen LogP contribution in [0.25, 0.3) is 0 Å². The maximum absolute atomic E-state index is 12.9. The zero-order chi connectivity index (χ0) is 22.1. The van der Waals surface area contributed by atoms with E-state index in [0.29, 0.717) is 44.3 Å². The molecule has 0 unspecified atom stereocenters. The van der Waals surface area contributed by atoms with Crippen molar-refractivity contribution in [3.8, 4) is 0 Å². The molecule has 0 radical (unpaired) electrons. The summed E-state index contributed by atoms with van der Waals surface area (Å²) in [5.74, 6) is 0.457. The van der Waals surface area contributed by atoms with Crippen LogP contribution in [0.15, 0.2) is 24.3 Å². The second-order valence-corrected chi connectivity index (χ2v) is 9.80. The third kappa shape index (κ3) is 4.15. The number of hydrogen-bond acceptors (Lipinski definition) is 4. The van der Waals surface area contributed by atoms with Gasteiger partial charge in [0, 0.05) is 38.5 Å². The highest BCUT2D eigenvalue weighted by Crippen LogP contribution is 2.31. The van der Waals surface area contributed by atoms with Crippen molar-refractivity contribution in [3.05, 3.63) is 35.4 Å². The first kappa shape index (κ1) is 21.4. The molecular formula is C25H34N4O3. The highest BCUT2D eigenvalue weighted by molar-refractivity contribution is 6.04. The number of carbonyl (C=O) groups excluding carboxylic acids is 3. The summed E-state index contributed by atoms with van der Waals surface area (Å²) in [6.45, 7) is 3.96. The highest BCUT2D eigenvalue weighted by Gasteiger charge is 2.46. The molecule has 4 aliphatic heterocycles. The smallest absolute Gasteiger partial charge is 0.327 e. The van der Waals surface area contributed by atoms with Gasteiger partial charge in [0.2, 0.25) is 5.91 Å². The number of rotatable bonds is 6. The van der Waals surface area contributed by atoms with E-state index in [1.165, 1.54) is 50.1 Å². The summed E-state index contributed by atoms with van der Waals surface area (Å²) in [5.41, 5.74) is 2.26. The van der Waals surface area contributed by atoms with Gasteiger partial charge in [0.25, 0.3) is 5.91 Å². The van der Waals surface area contributed by atoms with E-state index in [2.05, 4.69) is 10.2 Å². The molecule has 5 rings (SSSR count). The summed E-state index contributed by atoms with van der Waals surface area (Å²) in [7, 11) is 0. The fourth-order valence-electron chi connectivity index (χ4n) is 6.13. The summed E-state index contributed by atoms with van der Waals surface area (Å²) in [4.78, 5) is 43.8. The molecule has 7 nitrogen and oxygen atoms in total. The number of piperidine rings is 2. The van der Waals surface area contributed by atoms with Gasteiger partial charge in [-0.05, 0) is 62.2 Å². The molecule has 3 atom stereocenters. The van der Waals surface area contributed by atoms with Gasteiger partial charge in [-0.1, -0.05) is 30.7 Å². The van der Waals surface area contributed by atoms with Crippen molar-refractivity contribution in [2.45, 2.75) is 70.0 Å². The monoisotopic (exact) mass is 438 g/mol. The molecule has 1 aromatic carbocycles. The van der Waals surface area contributed by atoms with Crippen LogP contribution in [0, 0.1) is 5.92 Å². The Morgan fingerprint density at radius 3 is 2.72 bits per heavy atom. The highest BCUT2D eigenvalue weighted by atomic mass is 16.2. The molecule has 4 heterocycles. The number of urea groups is 1. The predicted octanol–water partition coefficient (Wildman–Crippen LogP) is 2.54. The average molecular weight is 439 g/mol. The first-order valence-corrected chi connectivity index (χ1v) is 12.3. The SMILES string of the molecule is O=C(CCCN1C(=O)[C@H]2Cc3ccccc3CN2C1=O)NC[C@H]1CCCN2CCCC[C@@H]12. The van der Waals surface area contributed by atoms with E-state index < -0.39 is 6.04 Å². The maximum atomic E-state index is 12.9. The van der Waals surface area contributed by atoms with Crippen LogP contribution >= 0.6 is 0 Å². The van der Waals surface area contributed by atoms with E-state index in [1.807, 2.05) is 24.3 Å². The minimum Gasteiger partial charge on any atom is -0.356 e. The fourth-order valence-corrected chi connectivity index (χ4v) is 6.13. The van der Waals surface area contributed by atoms with Gasteiger partial charge in [0.1, 0.15) is 6.04 Å². The quantitative estimate of drug-likeness (QED) is 0.693. The summed E-state index contributed by atoms with van der Waals surface area (Å²) < 4.78 is 0. The topological polar surface area (TPSA) is 73.0 Å². The number of carbonyl (C=O) groups is 3. The van der Waals surface area contributed by atoms with E-state index in [4.69, 9.17) is 0 Å². The molecule has 172 valence electrons. The van der Waals surface area contributed by atoms with Crippen LogP contribution < -0.4 is 5.32 Å². The number of nitrogens with one attached hydrogen (secondary N) is 1. The number of amides is 4. The number of nitrogens with zero attached hydrogens (tertiary/aromatic N) is 3. The van der Waals surface area contributed by atoms with Crippen LogP contribution in [-0.4, -0.2) is 70.8 Å². The number of hydrogen-bond donors (Lipinski definition) is 1. The van der Waals surface area contributed by atoms with Crippen LogP contribution in [0.4, 0.5) is 4.79 Å². The van der Waals surface area contributed by atoms with Crippen molar-refractivity contribution in [2.24, 2.45) is 5.92 Å². The summed E-state index contributed by atoms with van der Waals surface area (Å²) in [6, 6.07) is 8.03. The molecule has 0 saturated carbocycles. The Hall–Kier alpha value is -2.41. The van der Waals surface area contributed by atoms with E-state index in [0.717, 1.165) is 17.7 Å². The van der Waals surface area contributed by atoms with Crippen LogP contribution in [0.1, 0.15) is 56.1 Å². The van der Waals surface area contributed by atoms with E-state index in [9.17, 15) is 14.4 Å². The molecule has 0 aliphatic carbocycles. The van der Waals surface area contributed by atoms with Gasteiger partial charge >= 0.3 is 6.03 Å². The van der Waals surface area contributed by atoms with E-state index >= 15 is 0 Å². The summed E-state index contributed by atoms with van der Waals surface area (Å²) in [6.07, 6.45) is 7.70. The van der Waals surface area contributed by atoms with Crippen molar-refractivity contribution >= 4 is 17.8 Å². The van der Waals surface area contributed by atoms with Gasteiger partial charge in [-0.25, -0.2) is 4.79 Å². The first-order chi connectivity index (χ1) is 15.6. The third-order valence-corrected chi connectivity index (χ3v) is 7.85. The Morgan fingerprint density at radius 1 is 1.03 bits per heavy atom. The van der Waals surface area contributed by atoms with Crippen LogP contribution in [0.3, 0.4) is 0 Å². The Morgan fingerprint density at radius 2 is 1.84 bits per heavy atom. The standard InChI is InChI=1S/C25H34N4O3/c30-23(26-16-19-9-5-13-27-12-4-3-10-21(19)27)11-6-14-28-24(31)22-15-18-7-1-2-8-20(18)17-29(22)25(28)32/h1-2,7-8,19,21-22H,3-6,9-17H2,(H,26,30)/t19-,21+,22-/m1/s1. The molecular weight excluding hydrogens is 404 g/mol. The van der Waals surface area contributed by atoms with Gasteiger partial charge in [0.05, 0.1) is 0 Å². The van der Waals surface area contributed by atoms with Crippen LogP contribution in [0.5, 0.6) is 0 Å². The Labute approximate surface area is 190 Å². The second kappa shape index (κ2) is 9.22. The summed E-state index contributed by atoms with van der Waals surface area (Å²) in [5, 5.41) is 3.13. The predicted molar refractivity (Wildman–Crippen MR) is 121 cm³/mol. The molecule has 3 saturated heterocycles. The Balaban J connectivity index is 1.08. The third-order valence-electron chi connectivity index (χ3n) is 7.85. The molecule has 32 heavy (non-hydrogen) atoms. The second-order valence-electron chi connectivity index (χ2n) is 9.80. The zero-order valence-electron chi connectivity index (χ0n) is 18.8. The maximum Gasteiger partial charge on any atom is 0.327 e. The Kier molecular flexibility index (Phi) is 6.17. The Bertz CT molecular complexity index is 843. The van der Waals surface area contributed by atoms with Gasteiger partial charge in [-0.15, -0.1) is 0 Å². The van der Waals surface area contributed by atoms with Crippen LogP contribution in [0.2, 0.25) is 0 Å². The minimum atomic E-state index is -0.393. The zero-order valence-corrected chi connectivity index (χ0v) is 18.8. The lowest BCUT2D eigenvalue weighted by Gasteiger charge is -2.44. The molecule has 4 aliphatic rings. The molecule has 0 bridgehead atoms. The van der Waals surface area contributed by atoms with Crippen molar-refractivity contribution in [1.29, 1.82) is 0 Å². The average Bonchev–Trinajstić information content (AvgIpc) is 3.05. The largest absolute Gasteiger partial charge is 0.356 e. The normalized spacial score (nSPS) is 27.7.